The maximum Gasteiger partial charge on any atom is 0.523 e. The Labute approximate surface area is 130 Å². The molecule has 0 aliphatic carbocycles. The third-order valence-electron chi connectivity index (χ3n) is 3.11. The molecule has 0 saturated heterocycles. The van der Waals surface area contributed by atoms with E-state index in [1.807, 2.05) is 55.5 Å². The molecule has 4 heteroatoms. The van der Waals surface area contributed by atoms with Gasteiger partial charge < -0.3 is 9.47 Å². The molecule has 3 nitrogen and oxygen atoms in total. The predicted octanol–water partition coefficient (Wildman–Crippen LogP) is 0.139. The van der Waals surface area contributed by atoms with Gasteiger partial charge in [0.25, 0.3) is 3.57 Å². The van der Waals surface area contributed by atoms with Crippen LogP contribution >= 0.6 is 0 Å². The van der Waals surface area contributed by atoms with Crippen molar-refractivity contribution in [1.82, 2.24) is 0 Å². The zero-order valence-corrected chi connectivity index (χ0v) is 13.7. The quantitative estimate of drug-likeness (QED) is 0.720. The molecule has 0 radical (unpaired) electrons. The van der Waals surface area contributed by atoms with Crippen LogP contribution in [-0.2, 0) is 11.3 Å². The first-order valence-electron chi connectivity index (χ1n) is 6.37. The molecule has 0 fully saturated rings. The SMILES string of the molecule is CO[C@@H](C)c1cccc(OCc2ccccc2)c1[I+]O. The van der Waals surface area contributed by atoms with Crippen LogP contribution in [0.3, 0.4) is 0 Å². The lowest BCUT2D eigenvalue weighted by Gasteiger charge is -2.12. The van der Waals surface area contributed by atoms with Crippen LogP contribution in [0.5, 0.6) is 5.75 Å². The van der Waals surface area contributed by atoms with Crippen molar-refractivity contribution in [3.8, 4) is 5.75 Å². The topological polar surface area (TPSA) is 38.7 Å². The number of rotatable bonds is 6. The van der Waals surface area contributed by atoms with Crippen LogP contribution in [0.25, 0.3) is 0 Å². The molecule has 0 amide bonds. The van der Waals surface area contributed by atoms with Crippen molar-refractivity contribution < 1.29 is 34.5 Å². The molecule has 0 unspecified atom stereocenters. The minimum atomic E-state index is -1.06. The summed E-state index contributed by atoms with van der Waals surface area (Å²) in [5, 5.41) is 0. The summed E-state index contributed by atoms with van der Waals surface area (Å²) < 4.78 is 21.8. The van der Waals surface area contributed by atoms with Gasteiger partial charge in [0.05, 0.1) is 6.10 Å². The van der Waals surface area contributed by atoms with Gasteiger partial charge in [-0.25, -0.2) is 0 Å². The molecular weight excluding hydrogens is 367 g/mol. The second-order valence-corrected chi connectivity index (χ2v) is 5.96. The maximum absolute atomic E-state index is 9.72. The number of halogens is 1. The molecule has 0 spiro atoms. The summed E-state index contributed by atoms with van der Waals surface area (Å²) in [4.78, 5) is 0. The van der Waals surface area contributed by atoms with Crippen LogP contribution in [0, 0.1) is 3.57 Å². The van der Waals surface area contributed by atoms with E-state index in [4.69, 9.17) is 9.47 Å². The van der Waals surface area contributed by atoms with Gasteiger partial charge in [-0.1, -0.05) is 42.5 Å². The lowest BCUT2D eigenvalue weighted by molar-refractivity contribution is -0.867. The standard InChI is InChI=1S/C16H18IO3/c1-12(19-2)14-9-6-10-15(16(14)17-18)20-11-13-7-4-3-5-8-13/h3-10,12,18H,11H2,1-2H3/q+1/t12-/m0/s1. The van der Waals surface area contributed by atoms with Gasteiger partial charge in [-0.15, -0.1) is 0 Å². The summed E-state index contributed by atoms with van der Waals surface area (Å²) in [7, 11) is 1.67. The molecule has 0 bridgehead atoms. The minimum Gasteiger partial charge on any atom is -0.484 e. The first-order valence-corrected chi connectivity index (χ1v) is 8.41. The molecule has 0 saturated carbocycles. The predicted molar refractivity (Wildman–Crippen MR) is 73.6 cm³/mol. The van der Waals surface area contributed by atoms with Crippen LogP contribution in [0.4, 0.5) is 0 Å². The van der Waals surface area contributed by atoms with Crippen molar-refractivity contribution in [2.24, 2.45) is 0 Å². The van der Waals surface area contributed by atoms with Crippen molar-refractivity contribution in [2.45, 2.75) is 19.6 Å². The zero-order chi connectivity index (χ0) is 14.4. The molecule has 0 aromatic heterocycles. The normalized spacial score (nSPS) is 12.2. The average Bonchev–Trinajstić information content (AvgIpc) is 2.52. The van der Waals surface area contributed by atoms with E-state index in [1.165, 1.54) is 0 Å². The Morgan fingerprint density at radius 2 is 1.85 bits per heavy atom. The van der Waals surface area contributed by atoms with Crippen molar-refractivity contribution in [1.29, 1.82) is 0 Å². The molecule has 1 N–H and O–H groups in total. The Kier molecular flexibility index (Phi) is 5.82. The number of ether oxygens (including phenoxy) is 2. The molecule has 2 rings (SSSR count). The fraction of sp³-hybridized carbons (Fsp3) is 0.250. The molecule has 0 aliphatic rings. The van der Waals surface area contributed by atoms with Crippen LogP contribution in [-0.4, -0.2) is 10.5 Å². The second kappa shape index (κ2) is 7.61. The molecule has 2 aromatic carbocycles. The second-order valence-electron chi connectivity index (χ2n) is 4.40. The molecule has 1 atom stereocenters. The first kappa shape index (κ1) is 15.3. The minimum absolute atomic E-state index is 0.0443. The average molecular weight is 385 g/mol. The zero-order valence-electron chi connectivity index (χ0n) is 11.5. The van der Waals surface area contributed by atoms with Crippen LogP contribution < -0.4 is 26.4 Å². The largest absolute Gasteiger partial charge is 0.523 e. The molecule has 0 aliphatic heterocycles. The van der Waals surface area contributed by atoms with E-state index in [0.717, 1.165) is 20.4 Å². The Morgan fingerprint density at radius 3 is 2.50 bits per heavy atom. The third kappa shape index (κ3) is 3.71. The molecule has 0 heterocycles. The lowest BCUT2D eigenvalue weighted by Crippen LogP contribution is -3.61. The first-order chi connectivity index (χ1) is 9.76. The molecular formula is C16H18IO3+. The fourth-order valence-electron chi connectivity index (χ4n) is 1.91. The van der Waals surface area contributed by atoms with Crippen molar-refractivity contribution in [3.63, 3.8) is 0 Å². The van der Waals surface area contributed by atoms with E-state index in [9.17, 15) is 3.44 Å². The van der Waals surface area contributed by atoms with Crippen molar-refractivity contribution in [2.75, 3.05) is 7.11 Å². The van der Waals surface area contributed by atoms with E-state index >= 15 is 0 Å². The summed E-state index contributed by atoms with van der Waals surface area (Å²) in [5.74, 6) is 0.755. The lowest BCUT2D eigenvalue weighted by atomic mass is 10.1. The smallest absolute Gasteiger partial charge is 0.484 e. The number of hydrogen-bond donors (Lipinski definition) is 1. The van der Waals surface area contributed by atoms with E-state index in [0.29, 0.717) is 6.61 Å². The summed E-state index contributed by atoms with van der Waals surface area (Å²) in [6.07, 6.45) is -0.0443. The molecule has 20 heavy (non-hydrogen) atoms. The van der Waals surface area contributed by atoms with E-state index in [-0.39, 0.29) is 6.10 Å². The van der Waals surface area contributed by atoms with E-state index in [2.05, 4.69) is 0 Å². The molecule has 106 valence electrons. The summed E-state index contributed by atoms with van der Waals surface area (Å²) in [6, 6.07) is 15.8. The Bertz CT molecular complexity index is 543. The Morgan fingerprint density at radius 1 is 1.10 bits per heavy atom. The van der Waals surface area contributed by atoms with Gasteiger partial charge in [0.1, 0.15) is 6.61 Å². The summed E-state index contributed by atoms with van der Waals surface area (Å²) in [5.41, 5.74) is 2.12. The maximum atomic E-state index is 9.72. The van der Waals surface area contributed by atoms with E-state index < -0.39 is 21.6 Å². The van der Waals surface area contributed by atoms with Crippen molar-refractivity contribution >= 4 is 0 Å². The van der Waals surface area contributed by atoms with Crippen LogP contribution in [0.1, 0.15) is 24.2 Å². The fourth-order valence-corrected chi connectivity index (χ4v) is 3.38. The van der Waals surface area contributed by atoms with Gasteiger partial charge in [-0.3, -0.25) is 0 Å². The number of hydrogen-bond acceptors (Lipinski definition) is 3. The van der Waals surface area contributed by atoms with Gasteiger partial charge in [-0.2, -0.15) is 3.44 Å². The third-order valence-corrected chi connectivity index (χ3v) is 4.74. The van der Waals surface area contributed by atoms with Crippen molar-refractivity contribution in [3.05, 3.63) is 63.2 Å². The van der Waals surface area contributed by atoms with Gasteiger partial charge in [0.2, 0.25) is 0 Å². The highest BCUT2D eigenvalue weighted by Gasteiger charge is 2.26. The highest BCUT2D eigenvalue weighted by atomic mass is 127. The van der Waals surface area contributed by atoms with Gasteiger partial charge in [0, 0.05) is 12.7 Å². The van der Waals surface area contributed by atoms with Crippen LogP contribution in [0.2, 0.25) is 0 Å². The number of methoxy groups -OCH3 is 1. The van der Waals surface area contributed by atoms with Crippen LogP contribution in [0.15, 0.2) is 48.5 Å². The van der Waals surface area contributed by atoms with Gasteiger partial charge in [0.15, 0.2) is 5.75 Å². The number of benzene rings is 2. The highest BCUT2D eigenvalue weighted by Crippen LogP contribution is 2.22. The highest BCUT2D eigenvalue weighted by molar-refractivity contribution is 5.29. The van der Waals surface area contributed by atoms with Gasteiger partial charge >= 0.3 is 21.6 Å². The Balaban J connectivity index is 2.19. The summed E-state index contributed by atoms with van der Waals surface area (Å²) in [6.45, 7) is 2.47. The van der Waals surface area contributed by atoms with E-state index in [1.54, 1.807) is 7.11 Å². The Hall–Kier alpha value is -1.11. The summed E-state index contributed by atoms with van der Waals surface area (Å²) >= 11 is -1.06. The monoisotopic (exact) mass is 385 g/mol. The molecule has 2 aromatic rings. The van der Waals surface area contributed by atoms with Gasteiger partial charge in [-0.05, 0) is 18.6 Å².